The molecule has 1 aromatic heterocycles. The lowest BCUT2D eigenvalue weighted by molar-refractivity contribution is 0.891. The van der Waals surface area contributed by atoms with Crippen LogP contribution >= 0.6 is 0 Å². The summed E-state index contributed by atoms with van der Waals surface area (Å²) in [6.45, 7) is 0. The highest BCUT2D eigenvalue weighted by atomic mass is 15.0. The first-order valence-electron chi connectivity index (χ1n) is 12.4. The fraction of sp³-hybridized carbons (Fsp3) is 0.0588. The van der Waals surface area contributed by atoms with Gasteiger partial charge < -0.3 is 4.57 Å². The summed E-state index contributed by atoms with van der Waals surface area (Å²) in [5.41, 5.74) is 15.2. The van der Waals surface area contributed by atoms with E-state index >= 15 is 0 Å². The molecule has 1 heterocycles. The Morgan fingerprint density at radius 2 is 1.23 bits per heavy atom. The summed E-state index contributed by atoms with van der Waals surface area (Å²) < 4.78 is 2.51. The Morgan fingerprint density at radius 1 is 0.543 bits per heavy atom. The smallest absolute Gasteiger partial charge is 0.0538 e. The molecular weight excluding hydrogens is 422 g/mol. The Labute approximate surface area is 204 Å². The maximum Gasteiger partial charge on any atom is 0.0538 e. The molecule has 0 radical (unpaired) electrons. The second kappa shape index (κ2) is 7.07. The first kappa shape index (κ1) is 19.0. The van der Waals surface area contributed by atoms with Crippen LogP contribution in [-0.2, 0) is 6.42 Å². The minimum absolute atomic E-state index is 0.193. The molecule has 0 fully saturated rings. The molecule has 0 bridgehead atoms. The van der Waals surface area contributed by atoms with E-state index in [9.17, 15) is 0 Å². The van der Waals surface area contributed by atoms with Crippen molar-refractivity contribution in [2.45, 2.75) is 12.3 Å². The topological polar surface area (TPSA) is 4.93 Å². The van der Waals surface area contributed by atoms with Gasteiger partial charge in [-0.3, -0.25) is 0 Å². The second-order valence-corrected chi connectivity index (χ2v) is 9.68. The highest BCUT2D eigenvalue weighted by Crippen LogP contribution is 2.55. The van der Waals surface area contributed by atoms with Gasteiger partial charge in [-0.2, -0.15) is 0 Å². The fourth-order valence-corrected chi connectivity index (χ4v) is 6.56. The Hall–Kier alpha value is -4.36. The highest BCUT2D eigenvalue weighted by molar-refractivity contribution is 6.03. The molecule has 0 amide bonds. The minimum atomic E-state index is 0.193. The van der Waals surface area contributed by atoms with E-state index in [1.807, 2.05) is 0 Å². The molecule has 8 rings (SSSR count). The van der Waals surface area contributed by atoms with Crippen LogP contribution in [-0.4, -0.2) is 4.57 Å². The summed E-state index contributed by atoms with van der Waals surface area (Å²) in [4.78, 5) is 0. The van der Waals surface area contributed by atoms with Gasteiger partial charge in [0.25, 0.3) is 0 Å². The zero-order valence-corrected chi connectivity index (χ0v) is 19.3. The third-order valence-electron chi connectivity index (χ3n) is 7.94. The van der Waals surface area contributed by atoms with Crippen LogP contribution < -0.4 is 0 Å². The lowest BCUT2D eigenvalue weighted by Crippen LogP contribution is -2.09. The van der Waals surface area contributed by atoms with Crippen molar-refractivity contribution in [2.75, 3.05) is 0 Å². The second-order valence-electron chi connectivity index (χ2n) is 9.68. The maximum absolute atomic E-state index is 2.51. The quantitative estimate of drug-likeness (QED) is 0.252. The monoisotopic (exact) mass is 445 g/mol. The third kappa shape index (κ3) is 2.53. The zero-order chi connectivity index (χ0) is 22.9. The van der Waals surface area contributed by atoms with Gasteiger partial charge in [-0.05, 0) is 63.6 Å². The van der Waals surface area contributed by atoms with Crippen LogP contribution in [0, 0.1) is 0 Å². The van der Waals surface area contributed by atoms with Crippen molar-refractivity contribution in [3.8, 4) is 27.9 Å². The molecular formula is C34H23N. The number of fused-ring (bicyclic) bond motifs is 8. The number of benzene rings is 5. The van der Waals surface area contributed by atoms with Gasteiger partial charge in [0.1, 0.15) is 0 Å². The van der Waals surface area contributed by atoms with E-state index in [2.05, 4.69) is 126 Å². The molecule has 6 aromatic rings. The Bertz CT molecular complexity index is 1760. The van der Waals surface area contributed by atoms with Gasteiger partial charge in [0, 0.05) is 22.3 Å². The number of para-hydroxylation sites is 2. The van der Waals surface area contributed by atoms with Crippen molar-refractivity contribution in [3.05, 3.63) is 149 Å². The normalized spacial score (nSPS) is 15.0. The van der Waals surface area contributed by atoms with Crippen molar-refractivity contribution in [1.29, 1.82) is 0 Å². The number of hydrogen-bond acceptors (Lipinski definition) is 0. The van der Waals surface area contributed by atoms with E-state index in [-0.39, 0.29) is 5.92 Å². The summed E-state index contributed by atoms with van der Waals surface area (Å²) in [6.07, 6.45) is 1.00. The lowest BCUT2D eigenvalue weighted by atomic mass is 9.86. The maximum atomic E-state index is 2.51. The molecule has 164 valence electrons. The van der Waals surface area contributed by atoms with Gasteiger partial charge in [0.15, 0.2) is 0 Å². The van der Waals surface area contributed by atoms with Gasteiger partial charge in [-0.15, -0.1) is 0 Å². The average molecular weight is 446 g/mol. The van der Waals surface area contributed by atoms with E-state index in [0.29, 0.717) is 0 Å². The van der Waals surface area contributed by atoms with Crippen LogP contribution in [0.15, 0.2) is 121 Å². The predicted octanol–water partition coefficient (Wildman–Crippen LogP) is 8.36. The number of nitrogens with zero attached hydrogens (tertiary/aromatic N) is 1. The van der Waals surface area contributed by atoms with Crippen molar-refractivity contribution < 1.29 is 0 Å². The summed E-state index contributed by atoms with van der Waals surface area (Å²) in [5, 5.41) is 1.33. The SMILES string of the molecule is c1ccc(-n2c3c(c4ccccc42)-c2ccccc2C3c2cccc3c2Cc2ccccc2-3)cc1. The van der Waals surface area contributed by atoms with Crippen molar-refractivity contribution in [2.24, 2.45) is 0 Å². The first-order valence-corrected chi connectivity index (χ1v) is 12.4. The molecule has 0 saturated heterocycles. The summed E-state index contributed by atoms with van der Waals surface area (Å²) in [6, 6.07) is 44.6. The predicted molar refractivity (Wildman–Crippen MR) is 144 cm³/mol. The van der Waals surface area contributed by atoms with Crippen LogP contribution in [0.25, 0.3) is 38.8 Å². The number of rotatable bonds is 2. The standard InChI is InChI=1S/C34H23N/c1-2-12-23(13-3-1)35-31-20-9-8-17-29(31)33-27-16-7-6-15-26(27)32(34(33)35)28-19-10-18-25-24-14-5-4-11-22(24)21-30(25)28/h1-20,32H,21H2. The summed E-state index contributed by atoms with van der Waals surface area (Å²) in [5.74, 6) is 0.193. The first-order chi connectivity index (χ1) is 17.4. The molecule has 0 saturated carbocycles. The third-order valence-corrected chi connectivity index (χ3v) is 7.94. The highest BCUT2D eigenvalue weighted by Gasteiger charge is 2.38. The molecule has 35 heavy (non-hydrogen) atoms. The van der Waals surface area contributed by atoms with Gasteiger partial charge in [0.2, 0.25) is 0 Å². The zero-order valence-electron chi connectivity index (χ0n) is 19.3. The van der Waals surface area contributed by atoms with E-state index in [1.54, 1.807) is 0 Å². The molecule has 1 nitrogen and oxygen atoms in total. The lowest BCUT2D eigenvalue weighted by Gasteiger charge is -2.21. The summed E-state index contributed by atoms with van der Waals surface area (Å²) >= 11 is 0. The molecule has 2 aliphatic carbocycles. The Balaban J connectivity index is 1.48. The van der Waals surface area contributed by atoms with Gasteiger partial charge in [-0.25, -0.2) is 0 Å². The van der Waals surface area contributed by atoms with E-state index in [0.717, 1.165) is 6.42 Å². The van der Waals surface area contributed by atoms with Crippen LogP contribution in [0.2, 0.25) is 0 Å². The molecule has 1 atom stereocenters. The molecule has 5 aromatic carbocycles. The summed E-state index contributed by atoms with van der Waals surface area (Å²) in [7, 11) is 0. The van der Waals surface area contributed by atoms with Crippen molar-refractivity contribution >= 4 is 10.9 Å². The molecule has 1 heteroatoms. The van der Waals surface area contributed by atoms with Crippen LogP contribution in [0.3, 0.4) is 0 Å². The molecule has 0 aliphatic heterocycles. The largest absolute Gasteiger partial charge is 0.312 e. The van der Waals surface area contributed by atoms with Crippen molar-refractivity contribution in [3.63, 3.8) is 0 Å². The van der Waals surface area contributed by atoms with E-state index in [4.69, 9.17) is 0 Å². The minimum Gasteiger partial charge on any atom is -0.312 e. The molecule has 1 unspecified atom stereocenters. The van der Waals surface area contributed by atoms with Gasteiger partial charge in [0.05, 0.1) is 11.4 Å². The number of aromatic nitrogens is 1. The van der Waals surface area contributed by atoms with Crippen LogP contribution in [0.1, 0.15) is 33.9 Å². The molecule has 0 spiro atoms. The fourth-order valence-electron chi connectivity index (χ4n) is 6.56. The van der Waals surface area contributed by atoms with Crippen LogP contribution in [0.4, 0.5) is 0 Å². The molecule has 2 aliphatic rings. The van der Waals surface area contributed by atoms with Gasteiger partial charge >= 0.3 is 0 Å². The number of hydrogen-bond donors (Lipinski definition) is 0. The average Bonchev–Trinajstić information content (AvgIpc) is 3.57. The van der Waals surface area contributed by atoms with Crippen molar-refractivity contribution in [1.82, 2.24) is 4.57 Å². The molecule has 0 N–H and O–H groups in total. The van der Waals surface area contributed by atoms with E-state index in [1.165, 1.54) is 66.8 Å². The van der Waals surface area contributed by atoms with Gasteiger partial charge in [-0.1, -0.05) is 103 Å². The van der Waals surface area contributed by atoms with Crippen LogP contribution in [0.5, 0.6) is 0 Å². The Kier molecular flexibility index (Phi) is 3.84. The van der Waals surface area contributed by atoms with E-state index < -0.39 is 0 Å². The Morgan fingerprint density at radius 3 is 2.14 bits per heavy atom.